The van der Waals surface area contributed by atoms with Crippen LogP contribution in [0.5, 0.6) is 0 Å². The Labute approximate surface area is 212 Å². The van der Waals surface area contributed by atoms with Crippen molar-refractivity contribution in [3.05, 3.63) is 45.7 Å². The number of aromatic nitrogens is 2. The fourth-order valence-electron chi connectivity index (χ4n) is 5.99. The Kier molecular flexibility index (Phi) is 7.09. The molecule has 0 radical (unpaired) electrons. The molecular weight excluding hydrogens is 467 g/mol. The minimum absolute atomic E-state index is 0.0768. The second kappa shape index (κ2) is 10.1. The number of halogens is 2. The number of aliphatic hydroxyl groups excluding tert-OH is 1. The number of hydrogen-bond donors (Lipinski definition) is 1. The van der Waals surface area contributed by atoms with Crippen molar-refractivity contribution in [2.24, 2.45) is 5.92 Å². The van der Waals surface area contributed by atoms with E-state index in [2.05, 4.69) is 22.6 Å². The maximum absolute atomic E-state index is 14.4. The normalized spacial score (nSPS) is 20.3. The number of alkyl halides is 1. The summed E-state index contributed by atoms with van der Waals surface area (Å²) in [6.07, 6.45) is 6.65. The number of nitrogens with zero attached hydrogens (tertiary/aromatic N) is 4. The summed E-state index contributed by atoms with van der Waals surface area (Å²) in [6, 6.07) is 6.13. The number of rotatable bonds is 6. The Morgan fingerprint density at radius 2 is 1.94 bits per heavy atom. The molecule has 190 valence electrons. The molecule has 0 spiro atoms. The van der Waals surface area contributed by atoms with E-state index in [9.17, 15) is 14.3 Å². The number of hydrogen-bond acceptors (Lipinski definition) is 4. The van der Waals surface area contributed by atoms with Gasteiger partial charge >= 0.3 is 0 Å². The summed E-state index contributed by atoms with van der Waals surface area (Å²) in [5.41, 5.74) is 3.72. The number of anilines is 1. The molecule has 2 fully saturated rings. The highest BCUT2D eigenvalue weighted by atomic mass is 35.5. The van der Waals surface area contributed by atoms with Gasteiger partial charge in [-0.2, -0.15) is 5.10 Å². The third-order valence-electron chi connectivity index (χ3n) is 8.38. The first-order valence-corrected chi connectivity index (χ1v) is 13.4. The SMILES string of the molecule is Cc1c(Cl)cccc1N1CCC(CCn2nc(C(=O)N3CCC(F)(CO)CC3)c3c2CCC3)CC1. The standard InChI is InChI=1S/C27H36ClFN4O2/c1-19-22(28)5-3-6-23(19)31-13-8-20(9-14-31)10-15-33-24-7-2-4-21(24)25(30-33)26(35)32-16-11-27(29,18-34)12-17-32/h3,5-6,20,34H,2,4,7-18H2,1H3. The third-order valence-corrected chi connectivity index (χ3v) is 8.79. The first kappa shape index (κ1) is 24.6. The molecule has 5 rings (SSSR count). The summed E-state index contributed by atoms with van der Waals surface area (Å²) in [6.45, 7) is 5.19. The van der Waals surface area contributed by atoms with E-state index in [4.69, 9.17) is 16.7 Å². The van der Waals surface area contributed by atoms with E-state index in [1.165, 1.54) is 11.4 Å². The molecule has 2 aromatic rings. The minimum Gasteiger partial charge on any atom is -0.393 e. The Bertz CT molecular complexity index is 1070. The van der Waals surface area contributed by atoms with Gasteiger partial charge in [0.1, 0.15) is 5.67 Å². The number of carbonyl (C=O) groups is 1. The van der Waals surface area contributed by atoms with Gasteiger partial charge in [0.05, 0.1) is 6.61 Å². The van der Waals surface area contributed by atoms with Gasteiger partial charge in [-0.05, 0) is 69.1 Å². The lowest BCUT2D eigenvalue weighted by Crippen LogP contribution is -2.46. The van der Waals surface area contributed by atoms with E-state index in [1.54, 1.807) is 4.90 Å². The summed E-state index contributed by atoms with van der Waals surface area (Å²) >= 11 is 6.33. The molecule has 0 bridgehead atoms. The molecule has 0 atom stereocenters. The van der Waals surface area contributed by atoms with Gasteiger partial charge in [0.15, 0.2) is 5.69 Å². The van der Waals surface area contributed by atoms with Crippen LogP contribution < -0.4 is 4.90 Å². The monoisotopic (exact) mass is 502 g/mol. The molecule has 1 aromatic carbocycles. The van der Waals surface area contributed by atoms with Crippen molar-refractivity contribution in [2.45, 2.75) is 70.5 Å². The first-order chi connectivity index (χ1) is 16.9. The zero-order valence-electron chi connectivity index (χ0n) is 20.6. The number of aryl methyl sites for hydroxylation is 1. The highest BCUT2D eigenvalue weighted by Gasteiger charge is 2.37. The third kappa shape index (κ3) is 4.94. The summed E-state index contributed by atoms with van der Waals surface area (Å²) in [5, 5.41) is 14.9. The Morgan fingerprint density at radius 1 is 1.20 bits per heavy atom. The first-order valence-electron chi connectivity index (χ1n) is 13.1. The van der Waals surface area contributed by atoms with Crippen LogP contribution in [0.4, 0.5) is 10.1 Å². The van der Waals surface area contributed by atoms with Crippen LogP contribution in [-0.2, 0) is 19.4 Å². The molecule has 1 amide bonds. The van der Waals surface area contributed by atoms with Gasteiger partial charge < -0.3 is 14.9 Å². The lowest BCUT2D eigenvalue weighted by molar-refractivity contribution is 0.00966. The summed E-state index contributed by atoms with van der Waals surface area (Å²) in [4.78, 5) is 17.4. The van der Waals surface area contributed by atoms with Gasteiger partial charge in [0, 0.05) is 67.5 Å². The van der Waals surface area contributed by atoms with Crippen LogP contribution in [0.25, 0.3) is 0 Å². The number of fused-ring (bicyclic) bond motifs is 1. The second-order valence-electron chi connectivity index (χ2n) is 10.6. The molecular formula is C27H36ClFN4O2. The predicted octanol–water partition coefficient (Wildman–Crippen LogP) is 4.58. The number of likely N-dealkylation sites (tertiary alicyclic amines) is 1. The Morgan fingerprint density at radius 3 is 2.66 bits per heavy atom. The quantitative estimate of drug-likeness (QED) is 0.628. The number of aliphatic hydroxyl groups is 1. The molecule has 8 heteroatoms. The predicted molar refractivity (Wildman–Crippen MR) is 136 cm³/mol. The zero-order chi connectivity index (χ0) is 24.6. The summed E-state index contributed by atoms with van der Waals surface area (Å²) in [7, 11) is 0. The van der Waals surface area contributed by atoms with Crippen LogP contribution in [0, 0.1) is 12.8 Å². The minimum atomic E-state index is -1.56. The molecule has 2 saturated heterocycles. The van der Waals surface area contributed by atoms with E-state index in [1.807, 2.05) is 12.1 Å². The van der Waals surface area contributed by atoms with E-state index >= 15 is 0 Å². The fourth-order valence-corrected chi connectivity index (χ4v) is 6.16. The van der Waals surface area contributed by atoms with Crippen molar-refractivity contribution in [3.8, 4) is 0 Å². The highest BCUT2D eigenvalue weighted by molar-refractivity contribution is 6.31. The maximum Gasteiger partial charge on any atom is 0.274 e. The van der Waals surface area contributed by atoms with Crippen LogP contribution in [0.3, 0.4) is 0 Å². The lowest BCUT2D eigenvalue weighted by Gasteiger charge is -2.35. The zero-order valence-corrected chi connectivity index (χ0v) is 21.4. The largest absolute Gasteiger partial charge is 0.393 e. The van der Waals surface area contributed by atoms with Crippen LogP contribution in [0.15, 0.2) is 18.2 Å². The van der Waals surface area contributed by atoms with Crippen molar-refractivity contribution in [2.75, 3.05) is 37.7 Å². The molecule has 1 aliphatic carbocycles. The average molecular weight is 503 g/mol. The van der Waals surface area contributed by atoms with Crippen LogP contribution in [0.1, 0.15) is 65.8 Å². The molecule has 1 aromatic heterocycles. The van der Waals surface area contributed by atoms with E-state index in [0.29, 0.717) is 24.7 Å². The van der Waals surface area contributed by atoms with Gasteiger partial charge in [-0.3, -0.25) is 9.48 Å². The molecule has 0 unspecified atom stereocenters. The van der Waals surface area contributed by atoms with Crippen LogP contribution in [-0.4, -0.2) is 64.1 Å². The van der Waals surface area contributed by atoms with Crippen molar-refractivity contribution in [1.82, 2.24) is 14.7 Å². The van der Waals surface area contributed by atoms with Gasteiger partial charge in [-0.15, -0.1) is 0 Å². The van der Waals surface area contributed by atoms with E-state index in [0.717, 1.165) is 74.3 Å². The van der Waals surface area contributed by atoms with Crippen LogP contribution in [0.2, 0.25) is 5.02 Å². The molecule has 0 saturated carbocycles. The number of benzene rings is 1. The van der Waals surface area contributed by atoms with Crippen molar-refractivity contribution in [3.63, 3.8) is 0 Å². The van der Waals surface area contributed by atoms with Gasteiger partial charge in [0.25, 0.3) is 5.91 Å². The van der Waals surface area contributed by atoms with Crippen LogP contribution >= 0.6 is 11.6 Å². The van der Waals surface area contributed by atoms with Gasteiger partial charge in [0.2, 0.25) is 0 Å². The smallest absolute Gasteiger partial charge is 0.274 e. The molecule has 2 aliphatic heterocycles. The van der Waals surface area contributed by atoms with Gasteiger partial charge in [-0.25, -0.2) is 4.39 Å². The fraction of sp³-hybridized carbons (Fsp3) is 0.630. The number of piperidine rings is 2. The summed E-state index contributed by atoms with van der Waals surface area (Å²) < 4.78 is 16.5. The van der Waals surface area contributed by atoms with E-state index in [-0.39, 0.29) is 18.7 Å². The lowest BCUT2D eigenvalue weighted by atomic mass is 9.93. The second-order valence-corrected chi connectivity index (χ2v) is 11.0. The molecule has 35 heavy (non-hydrogen) atoms. The Hall–Kier alpha value is -2.12. The molecule has 1 N–H and O–H groups in total. The van der Waals surface area contributed by atoms with Crippen molar-refractivity contribution in [1.29, 1.82) is 0 Å². The van der Waals surface area contributed by atoms with E-state index < -0.39 is 12.3 Å². The Balaban J connectivity index is 1.19. The molecule has 3 aliphatic rings. The molecule has 6 nitrogen and oxygen atoms in total. The highest BCUT2D eigenvalue weighted by Crippen LogP contribution is 2.33. The maximum atomic E-state index is 14.4. The van der Waals surface area contributed by atoms with Gasteiger partial charge in [-0.1, -0.05) is 17.7 Å². The van der Waals surface area contributed by atoms with Crippen molar-refractivity contribution >= 4 is 23.2 Å². The number of amides is 1. The average Bonchev–Trinajstić information content (AvgIpc) is 3.48. The summed E-state index contributed by atoms with van der Waals surface area (Å²) in [5.74, 6) is 0.566. The topological polar surface area (TPSA) is 61.6 Å². The number of carbonyl (C=O) groups excluding carboxylic acids is 1. The molecule has 3 heterocycles. The van der Waals surface area contributed by atoms with Crippen molar-refractivity contribution < 1.29 is 14.3 Å².